The van der Waals surface area contributed by atoms with Crippen molar-refractivity contribution in [1.29, 1.82) is 0 Å². The van der Waals surface area contributed by atoms with E-state index in [4.69, 9.17) is 4.74 Å². The number of likely N-dealkylation sites (tertiary alicyclic amines) is 1. The lowest BCUT2D eigenvalue weighted by molar-refractivity contribution is -0.131. The van der Waals surface area contributed by atoms with E-state index in [1.807, 2.05) is 4.90 Å². The minimum atomic E-state index is -2.61. The molecule has 0 bridgehead atoms. The van der Waals surface area contributed by atoms with E-state index in [0.717, 1.165) is 44.6 Å². The Morgan fingerprint density at radius 3 is 2.24 bits per heavy atom. The van der Waals surface area contributed by atoms with Crippen LogP contribution in [0.5, 0.6) is 5.88 Å². The zero-order valence-corrected chi connectivity index (χ0v) is 23.6. The largest absolute Gasteiger partial charge is 0.472 e. The fourth-order valence-corrected chi connectivity index (χ4v) is 5.92. The SMILES string of the molecule is CC(=O)N1CCC2(CC1)CN(c1ccc(CNC(=O)C3(c4ccc(OCc5ccc(C(F)F)nc5)nn4)CC3)cc1)C2. The van der Waals surface area contributed by atoms with Gasteiger partial charge in [0.2, 0.25) is 17.7 Å². The van der Waals surface area contributed by atoms with Crippen molar-refractivity contribution in [3.05, 3.63) is 77.2 Å². The van der Waals surface area contributed by atoms with E-state index in [1.54, 1.807) is 19.1 Å². The van der Waals surface area contributed by atoms with Gasteiger partial charge in [-0.3, -0.25) is 14.6 Å². The monoisotopic (exact) mass is 576 g/mol. The van der Waals surface area contributed by atoms with E-state index in [1.165, 1.54) is 24.0 Å². The highest BCUT2D eigenvalue weighted by Crippen LogP contribution is 2.47. The van der Waals surface area contributed by atoms with E-state index in [9.17, 15) is 18.4 Å². The van der Waals surface area contributed by atoms with Crippen molar-refractivity contribution in [3.63, 3.8) is 0 Å². The van der Waals surface area contributed by atoms with E-state index >= 15 is 0 Å². The Morgan fingerprint density at radius 2 is 1.67 bits per heavy atom. The van der Waals surface area contributed by atoms with Crippen molar-refractivity contribution < 1.29 is 23.1 Å². The van der Waals surface area contributed by atoms with Gasteiger partial charge in [0.25, 0.3) is 6.43 Å². The van der Waals surface area contributed by atoms with Crippen LogP contribution in [0, 0.1) is 5.41 Å². The van der Waals surface area contributed by atoms with Gasteiger partial charge in [-0.2, -0.15) is 5.10 Å². The average molecular weight is 577 g/mol. The smallest absolute Gasteiger partial charge is 0.280 e. The van der Waals surface area contributed by atoms with Crippen molar-refractivity contribution in [2.45, 2.75) is 57.6 Å². The van der Waals surface area contributed by atoms with Crippen LogP contribution in [0.4, 0.5) is 14.5 Å². The Morgan fingerprint density at radius 1 is 0.952 bits per heavy atom. The number of nitrogens with zero attached hydrogens (tertiary/aromatic N) is 5. The summed E-state index contributed by atoms with van der Waals surface area (Å²) in [6.45, 7) is 5.94. The summed E-state index contributed by atoms with van der Waals surface area (Å²) >= 11 is 0. The Bertz CT molecular complexity index is 1410. The van der Waals surface area contributed by atoms with E-state index in [-0.39, 0.29) is 30.0 Å². The lowest BCUT2D eigenvalue weighted by Crippen LogP contribution is -2.60. The van der Waals surface area contributed by atoms with Gasteiger partial charge in [0.05, 0.1) is 11.1 Å². The van der Waals surface area contributed by atoms with Crippen molar-refractivity contribution in [3.8, 4) is 5.88 Å². The highest BCUT2D eigenvalue weighted by molar-refractivity contribution is 5.90. The number of anilines is 1. The molecule has 6 rings (SSSR count). The van der Waals surface area contributed by atoms with Gasteiger partial charge in [0.1, 0.15) is 12.3 Å². The molecule has 1 aromatic carbocycles. The van der Waals surface area contributed by atoms with Gasteiger partial charge in [-0.05, 0) is 55.5 Å². The number of rotatable bonds is 9. The summed E-state index contributed by atoms with van der Waals surface area (Å²) in [6.07, 6.45) is 2.27. The van der Waals surface area contributed by atoms with Gasteiger partial charge in [-0.25, -0.2) is 8.78 Å². The molecule has 3 aromatic rings. The molecule has 1 saturated carbocycles. The number of alkyl halides is 2. The fourth-order valence-electron chi connectivity index (χ4n) is 5.92. The van der Waals surface area contributed by atoms with Crippen LogP contribution in [-0.2, 0) is 28.2 Å². The predicted molar refractivity (Wildman–Crippen MR) is 151 cm³/mol. The van der Waals surface area contributed by atoms with Crippen LogP contribution in [-0.4, -0.2) is 58.1 Å². The van der Waals surface area contributed by atoms with E-state index < -0.39 is 11.8 Å². The normalized spacial score (nSPS) is 18.5. The van der Waals surface area contributed by atoms with Crippen LogP contribution >= 0.6 is 0 Å². The number of hydrogen-bond acceptors (Lipinski definition) is 7. The molecule has 1 N–H and O–H groups in total. The summed E-state index contributed by atoms with van der Waals surface area (Å²) < 4.78 is 30.9. The zero-order valence-electron chi connectivity index (χ0n) is 23.6. The Balaban J connectivity index is 0.969. The third-order valence-corrected chi connectivity index (χ3v) is 8.85. The molecule has 11 heteroatoms. The second-order valence-electron chi connectivity index (χ2n) is 11.7. The quantitative estimate of drug-likeness (QED) is 0.408. The van der Waals surface area contributed by atoms with E-state index in [0.29, 0.717) is 36.1 Å². The highest BCUT2D eigenvalue weighted by atomic mass is 19.3. The number of carbonyl (C=O) groups excluding carboxylic acids is 2. The Labute approximate surface area is 243 Å². The summed E-state index contributed by atoms with van der Waals surface area (Å²) in [5, 5.41) is 11.4. The summed E-state index contributed by atoms with van der Waals surface area (Å²) in [5.74, 6) is 0.380. The molecule has 9 nitrogen and oxygen atoms in total. The van der Waals surface area contributed by atoms with Gasteiger partial charge in [-0.15, -0.1) is 5.10 Å². The molecule has 4 heterocycles. The third-order valence-electron chi connectivity index (χ3n) is 8.85. The number of amides is 2. The number of halogens is 2. The first kappa shape index (κ1) is 28.0. The Hall–Kier alpha value is -4.15. The summed E-state index contributed by atoms with van der Waals surface area (Å²) in [4.78, 5) is 32.8. The number of aromatic nitrogens is 3. The molecule has 2 amide bonds. The number of benzene rings is 1. The number of piperidine rings is 1. The van der Waals surface area contributed by atoms with Crippen molar-refractivity contribution in [1.82, 2.24) is 25.4 Å². The molecule has 0 atom stereocenters. The number of carbonyl (C=O) groups is 2. The van der Waals surface area contributed by atoms with Crippen molar-refractivity contribution in [2.75, 3.05) is 31.1 Å². The molecule has 42 heavy (non-hydrogen) atoms. The standard InChI is InChI=1S/C31H34F2N6O3/c1-21(40)38-14-12-30(13-15-38)19-39(20-30)24-5-2-22(3-6-24)16-35-29(41)31(10-11-31)26-8-9-27(37-36-26)42-18-23-4-7-25(28(32)33)34-17-23/h2-9,17,28H,10-16,18-20H2,1H3,(H,35,41). The van der Waals surface area contributed by atoms with Crippen LogP contribution in [0.25, 0.3) is 0 Å². The molecule has 3 fully saturated rings. The van der Waals surface area contributed by atoms with Gasteiger partial charge in [0.15, 0.2) is 0 Å². The van der Waals surface area contributed by atoms with Gasteiger partial charge >= 0.3 is 0 Å². The molecule has 2 aliphatic heterocycles. The predicted octanol–water partition coefficient (Wildman–Crippen LogP) is 4.18. The molecule has 1 spiro atoms. The molecule has 0 unspecified atom stereocenters. The minimum Gasteiger partial charge on any atom is -0.472 e. The van der Waals surface area contributed by atoms with Crippen molar-refractivity contribution >= 4 is 17.5 Å². The van der Waals surface area contributed by atoms with Gasteiger partial charge in [0, 0.05) is 68.6 Å². The fraction of sp³-hybridized carbons (Fsp3) is 0.452. The highest BCUT2D eigenvalue weighted by Gasteiger charge is 2.53. The van der Waals surface area contributed by atoms with Crippen LogP contribution in [0.15, 0.2) is 54.7 Å². The van der Waals surface area contributed by atoms with Crippen molar-refractivity contribution in [2.24, 2.45) is 5.41 Å². The molecule has 2 aromatic heterocycles. The topological polar surface area (TPSA) is 101 Å². The zero-order chi connectivity index (χ0) is 29.3. The molecule has 3 aliphatic rings. The molecular weight excluding hydrogens is 542 g/mol. The van der Waals surface area contributed by atoms with Gasteiger partial charge < -0.3 is 19.9 Å². The lowest BCUT2D eigenvalue weighted by Gasteiger charge is -2.55. The van der Waals surface area contributed by atoms with Crippen LogP contribution in [0.3, 0.4) is 0 Å². The number of nitrogens with one attached hydrogen (secondary N) is 1. The number of ether oxygens (including phenoxy) is 1. The molecular formula is C31H34F2N6O3. The summed E-state index contributed by atoms with van der Waals surface area (Å²) in [5.41, 5.74) is 2.82. The second kappa shape index (κ2) is 11.3. The average Bonchev–Trinajstić information content (AvgIpc) is 3.81. The van der Waals surface area contributed by atoms with Crippen LogP contribution < -0.4 is 15.0 Å². The lowest BCUT2D eigenvalue weighted by atomic mass is 9.71. The number of hydrogen-bond donors (Lipinski definition) is 1. The van der Waals surface area contributed by atoms with E-state index in [2.05, 4.69) is 49.7 Å². The third kappa shape index (κ3) is 5.77. The first-order valence-corrected chi connectivity index (χ1v) is 14.3. The maximum absolute atomic E-state index is 13.1. The molecule has 220 valence electrons. The summed E-state index contributed by atoms with van der Waals surface area (Å²) in [7, 11) is 0. The first-order chi connectivity index (χ1) is 20.3. The van der Waals surface area contributed by atoms with Crippen LogP contribution in [0.1, 0.15) is 61.5 Å². The van der Waals surface area contributed by atoms with Crippen LogP contribution in [0.2, 0.25) is 0 Å². The molecule has 2 saturated heterocycles. The van der Waals surface area contributed by atoms with Gasteiger partial charge in [-0.1, -0.05) is 18.2 Å². The Kier molecular flexibility index (Phi) is 7.51. The minimum absolute atomic E-state index is 0.0682. The maximum Gasteiger partial charge on any atom is 0.280 e. The summed E-state index contributed by atoms with van der Waals surface area (Å²) in [6, 6.07) is 14.6. The maximum atomic E-state index is 13.1. The number of pyridine rings is 1. The molecule has 0 radical (unpaired) electrons. The first-order valence-electron chi connectivity index (χ1n) is 14.3. The second-order valence-corrected chi connectivity index (χ2v) is 11.7. The molecule has 1 aliphatic carbocycles.